The zero-order chi connectivity index (χ0) is 19.6. The van der Waals surface area contributed by atoms with Crippen LogP contribution in [-0.2, 0) is 16.0 Å². The largest absolute Gasteiger partial charge is 0.394 e. The number of imidazole rings is 1. The first-order valence-electron chi connectivity index (χ1n) is 8.19. The molecule has 12 nitrogen and oxygen atoms in total. The third-order valence-corrected chi connectivity index (χ3v) is 4.32. The number of hydrogen-bond donors (Lipinski definition) is 6. The van der Waals surface area contributed by atoms with Crippen molar-refractivity contribution in [3.8, 4) is 0 Å². The van der Waals surface area contributed by atoms with Crippen LogP contribution in [-0.4, -0.2) is 66.5 Å². The van der Waals surface area contributed by atoms with Crippen molar-refractivity contribution in [1.82, 2.24) is 24.8 Å². The predicted octanol–water partition coefficient (Wildman–Crippen LogP) is -3.43. The number of H-pyrrole nitrogens is 2. The fourth-order valence-corrected chi connectivity index (χ4v) is 2.92. The van der Waals surface area contributed by atoms with Crippen LogP contribution in [0, 0.1) is 0 Å². The molecule has 0 saturated carbocycles. The first kappa shape index (κ1) is 19.0. The van der Waals surface area contributed by atoms with E-state index in [1.807, 2.05) is 0 Å². The SMILES string of the molecule is N[C@@H](Cc1cnc[nH]1)C(=O)NC1C(O)[C@H](CO)O[C@@H]1n1ccc(=O)[nH]c1=O. The highest BCUT2D eigenvalue weighted by atomic mass is 16.5. The Morgan fingerprint density at radius 1 is 1.48 bits per heavy atom. The topological polar surface area (TPSA) is 188 Å². The molecule has 0 spiro atoms. The summed E-state index contributed by atoms with van der Waals surface area (Å²) < 4.78 is 6.52. The monoisotopic (exact) mass is 380 g/mol. The third-order valence-electron chi connectivity index (χ3n) is 4.32. The molecular formula is C15H20N6O6. The number of carbonyl (C=O) groups is 1. The van der Waals surface area contributed by atoms with Crippen LogP contribution in [0.1, 0.15) is 11.9 Å². The van der Waals surface area contributed by atoms with Gasteiger partial charge in [-0.15, -0.1) is 0 Å². The average Bonchev–Trinajstić information content (AvgIpc) is 3.24. The van der Waals surface area contributed by atoms with Gasteiger partial charge in [-0.2, -0.15) is 0 Å². The van der Waals surface area contributed by atoms with Crippen molar-refractivity contribution in [3.05, 3.63) is 51.3 Å². The van der Waals surface area contributed by atoms with E-state index in [2.05, 4.69) is 20.3 Å². The summed E-state index contributed by atoms with van der Waals surface area (Å²) in [6.07, 6.45) is 0.906. The van der Waals surface area contributed by atoms with Crippen molar-refractivity contribution < 1.29 is 19.7 Å². The number of nitrogens with zero attached hydrogens (tertiary/aromatic N) is 2. The van der Waals surface area contributed by atoms with Gasteiger partial charge in [-0.25, -0.2) is 9.78 Å². The van der Waals surface area contributed by atoms with Crippen molar-refractivity contribution in [3.63, 3.8) is 0 Å². The summed E-state index contributed by atoms with van der Waals surface area (Å²) in [5, 5.41) is 22.3. The van der Waals surface area contributed by atoms with E-state index in [1.54, 1.807) is 0 Å². The molecule has 3 heterocycles. The Labute approximate surface area is 152 Å². The molecule has 146 valence electrons. The van der Waals surface area contributed by atoms with E-state index in [0.717, 1.165) is 10.6 Å². The maximum absolute atomic E-state index is 12.4. The molecule has 2 unspecified atom stereocenters. The third kappa shape index (κ3) is 3.98. The highest BCUT2D eigenvalue weighted by molar-refractivity contribution is 5.82. The number of aliphatic hydroxyl groups excluding tert-OH is 2. The molecule has 27 heavy (non-hydrogen) atoms. The lowest BCUT2D eigenvalue weighted by atomic mass is 10.1. The van der Waals surface area contributed by atoms with Crippen LogP contribution < -0.4 is 22.3 Å². The average molecular weight is 380 g/mol. The number of amides is 1. The van der Waals surface area contributed by atoms with Crippen molar-refractivity contribution in [2.45, 2.75) is 36.9 Å². The number of aliphatic hydroxyl groups is 2. The summed E-state index contributed by atoms with van der Waals surface area (Å²) in [4.78, 5) is 44.5. The van der Waals surface area contributed by atoms with Crippen molar-refractivity contribution >= 4 is 5.91 Å². The Morgan fingerprint density at radius 3 is 2.89 bits per heavy atom. The lowest BCUT2D eigenvalue weighted by Crippen LogP contribution is -2.53. The van der Waals surface area contributed by atoms with Crippen molar-refractivity contribution in [2.24, 2.45) is 5.73 Å². The Morgan fingerprint density at radius 2 is 2.26 bits per heavy atom. The molecule has 5 atom stereocenters. The fourth-order valence-electron chi connectivity index (χ4n) is 2.92. The molecule has 0 aliphatic carbocycles. The number of hydrogen-bond acceptors (Lipinski definition) is 8. The van der Waals surface area contributed by atoms with Crippen LogP contribution >= 0.6 is 0 Å². The van der Waals surface area contributed by atoms with E-state index in [9.17, 15) is 24.6 Å². The standard InChI is InChI=1S/C15H20N6O6/c16-8(3-7-4-17-6-18-7)13(25)20-11-12(24)9(5-22)27-14(11)21-2-1-10(23)19-15(21)26/h1-2,4,6,8-9,11-12,14,22,24H,3,5,16H2,(H,17,18)(H,20,25)(H,19,23,26)/t8-,9-,11?,12?,14-/m0/s1. The van der Waals surface area contributed by atoms with E-state index in [4.69, 9.17) is 10.5 Å². The number of aromatic nitrogens is 4. The van der Waals surface area contributed by atoms with Gasteiger partial charge in [-0.3, -0.25) is 19.1 Å². The minimum absolute atomic E-state index is 0.183. The Kier molecular flexibility index (Phi) is 5.51. The van der Waals surface area contributed by atoms with E-state index in [0.29, 0.717) is 5.69 Å². The summed E-state index contributed by atoms with van der Waals surface area (Å²) in [6, 6.07) is -0.906. The molecule has 12 heteroatoms. The second-order valence-corrected chi connectivity index (χ2v) is 6.18. The summed E-state index contributed by atoms with van der Waals surface area (Å²) >= 11 is 0. The second-order valence-electron chi connectivity index (χ2n) is 6.18. The summed E-state index contributed by atoms with van der Waals surface area (Å²) in [7, 11) is 0. The Bertz CT molecular complexity index is 893. The molecule has 0 radical (unpaired) electrons. The van der Waals surface area contributed by atoms with E-state index in [-0.39, 0.29) is 6.42 Å². The number of nitrogens with two attached hydrogens (primary N) is 1. The van der Waals surface area contributed by atoms with Crippen LogP contribution in [0.2, 0.25) is 0 Å². The van der Waals surface area contributed by atoms with E-state index >= 15 is 0 Å². The molecule has 2 aromatic rings. The molecule has 0 aromatic carbocycles. The number of aromatic amines is 2. The molecule has 7 N–H and O–H groups in total. The molecule has 1 aliphatic heterocycles. The lowest BCUT2D eigenvalue weighted by Gasteiger charge is -2.24. The van der Waals surface area contributed by atoms with Crippen LogP contribution in [0.4, 0.5) is 0 Å². The summed E-state index contributed by atoms with van der Waals surface area (Å²) in [5.74, 6) is -0.585. The fraction of sp³-hybridized carbons (Fsp3) is 0.467. The predicted molar refractivity (Wildman–Crippen MR) is 90.5 cm³/mol. The molecule has 1 aliphatic rings. The number of carbonyl (C=O) groups excluding carboxylic acids is 1. The molecule has 3 rings (SSSR count). The van der Waals surface area contributed by atoms with Gasteiger partial charge in [0.25, 0.3) is 5.56 Å². The summed E-state index contributed by atoms with van der Waals surface area (Å²) in [6.45, 7) is -0.525. The summed E-state index contributed by atoms with van der Waals surface area (Å²) in [5.41, 5.74) is 5.16. The molecule has 1 amide bonds. The maximum Gasteiger partial charge on any atom is 0.330 e. The van der Waals surface area contributed by atoms with E-state index < -0.39 is 54.3 Å². The van der Waals surface area contributed by atoms with Crippen molar-refractivity contribution in [1.29, 1.82) is 0 Å². The van der Waals surface area contributed by atoms with Gasteiger partial charge in [0.2, 0.25) is 5.91 Å². The number of nitrogens with one attached hydrogen (secondary N) is 3. The number of ether oxygens (including phenoxy) is 1. The van der Waals surface area contributed by atoms with Crippen LogP contribution in [0.3, 0.4) is 0 Å². The van der Waals surface area contributed by atoms with Crippen LogP contribution in [0.15, 0.2) is 34.4 Å². The highest BCUT2D eigenvalue weighted by Gasteiger charge is 2.45. The van der Waals surface area contributed by atoms with Gasteiger partial charge >= 0.3 is 5.69 Å². The van der Waals surface area contributed by atoms with Crippen molar-refractivity contribution in [2.75, 3.05) is 6.61 Å². The normalized spacial score (nSPS) is 26.0. The Balaban J connectivity index is 1.80. The highest BCUT2D eigenvalue weighted by Crippen LogP contribution is 2.28. The van der Waals surface area contributed by atoms with Gasteiger partial charge in [0.05, 0.1) is 19.0 Å². The first-order valence-corrected chi connectivity index (χ1v) is 8.19. The van der Waals surface area contributed by atoms with Gasteiger partial charge < -0.3 is 31.0 Å². The zero-order valence-electron chi connectivity index (χ0n) is 14.1. The lowest BCUT2D eigenvalue weighted by molar-refractivity contribution is -0.124. The van der Waals surface area contributed by atoms with E-state index in [1.165, 1.54) is 18.7 Å². The van der Waals surface area contributed by atoms with Crippen LogP contribution in [0.5, 0.6) is 0 Å². The van der Waals surface area contributed by atoms with Gasteiger partial charge in [0.15, 0.2) is 6.23 Å². The quantitative estimate of drug-likeness (QED) is 0.298. The molecular weight excluding hydrogens is 360 g/mol. The molecule has 2 aromatic heterocycles. The Hall–Kier alpha value is -2.80. The number of rotatable bonds is 6. The minimum Gasteiger partial charge on any atom is -0.394 e. The van der Waals surface area contributed by atoms with Crippen LogP contribution in [0.25, 0.3) is 0 Å². The molecule has 0 bridgehead atoms. The van der Waals surface area contributed by atoms with Gasteiger partial charge in [0.1, 0.15) is 18.2 Å². The zero-order valence-corrected chi connectivity index (χ0v) is 14.1. The van der Waals surface area contributed by atoms with Gasteiger partial charge in [-0.1, -0.05) is 0 Å². The molecule has 1 saturated heterocycles. The second kappa shape index (κ2) is 7.84. The smallest absolute Gasteiger partial charge is 0.330 e. The molecule has 1 fully saturated rings. The first-order chi connectivity index (χ1) is 12.9. The van der Waals surface area contributed by atoms with Gasteiger partial charge in [-0.05, 0) is 0 Å². The maximum atomic E-state index is 12.4. The van der Waals surface area contributed by atoms with Gasteiger partial charge in [0, 0.05) is 30.6 Å². The minimum atomic E-state index is -1.29.